The second-order valence-electron chi connectivity index (χ2n) is 4.95. The molecule has 2 atom stereocenters. The smallest absolute Gasteiger partial charge is 0.1000 e. The molecule has 2 rings (SSSR count). The summed E-state index contributed by atoms with van der Waals surface area (Å²) >= 11 is 4.98. The van der Waals surface area contributed by atoms with Gasteiger partial charge >= 0.3 is 0 Å². The maximum atomic E-state index is 10.4. The fraction of sp³-hybridized carbons (Fsp3) is 0.462. The van der Waals surface area contributed by atoms with E-state index < -0.39 is 5.60 Å². The van der Waals surface area contributed by atoms with E-state index in [0.717, 1.165) is 16.6 Å². The quantitative estimate of drug-likeness (QED) is 0.847. The Balaban J connectivity index is 1.85. The first-order chi connectivity index (χ1) is 8.97. The van der Waals surface area contributed by atoms with Gasteiger partial charge in [0.1, 0.15) is 0 Å². The molecule has 0 amide bonds. The standard InChI is InChI=1S/C13H18BrN3OS/c1-10(6-17-7-12(14)5-16-17)15-9-13(2,18)11-3-4-19-8-11/h3-5,7-8,10,15,18H,6,9H2,1-2H3/t10-,13+/m1/s1. The normalized spacial score (nSPS) is 16.2. The molecule has 0 saturated heterocycles. The van der Waals surface area contributed by atoms with Crippen LogP contribution in [0.4, 0.5) is 0 Å². The molecule has 0 aliphatic carbocycles. The van der Waals surface area contributed by atoms with E-state index in [1.165, 1.54) is 0 Å². The Morgan fingerprint density at radius 1 is 1.63 bits per heavy atom. The Morgan fingerprint density at radius 2 is 2.42 bits per heavy atom. The Morgan fingerprint density at radius 3 is 3.00 bits per heavy atom. The molecule has 19 heavy (non-hydrogen) atoms. The van der Waals surface area contributed by atoms with E-state index >= 15 is 0 Å². The number of rotatable bonds is 6. The van der Waals surface area contributed by atoms with E-state index in [9.17, 15) is 5.11 Å². The molecule has 0 unspecified atom stereocenters. The van der Waals surface area contributed by atoms with Crippen LogP contribution in [-0.2, 0) is 12.1 Å². The molecule has 0 saturated carbocycles. The third-order valence-electron chi connectivity index (χ3n) is 3.00. The van der Waals surface area contributed by atoms with Crippen LogP contribution in [0.25, 0.3) is 0 Å². The third-order valence-corrected chi connectivity index (χ3v) is 4.09. The van der Waals surface area contributed by atoms with Crippen molar-refractivity contribution in [1.29, 1.82) is 0 Å². The van der Waals surface area contributed by atoms with Gasteiger partial charge in [0.05, 0.1) is 22.8 Å². The molecular formula is C13H18BrN3OS. The molecule has 2 N–H and O–H groups in total. The van der Waals surface area contributed by atoms with Crippen molar-refractivity contribution in [3.05, 3.63) is 39.3 Å². The number of aromatic nitrogens is 2. The minimum absolute atomic E-state index is 0.233. The largest absolute Gasteiger partial charge is 0.384 e. The lowest BCUT2D eigenvalue weighted by molar-refractivity contribution is 0.0541. The highest BCUT2D eigenvalue weighted by atomic mass is 79.9. The lowest BCUT2D eigenvalue weighted by Gasteiger charge is -2.25. The number of aliphatic hydroxyl groups is 1. The number of hydrogen-bond donors (Lipinski definition) is 2. The highest BCUT2D eigenvalue weighted by molar-refractivity contribution is 9.10. The predicted molar refractivity (Wildman–Crippen MR) is 81.3 cm³/mol. The van der Waals surface area contributed by atoms with Crippen LogP contribution in [0.15, 0.2) is 33.7 Å². The zero-order chi connectivity index (χ0) is 13.9. The van der Waals surface area contributed by atoms with Crippen LogP contribution in [0.2, 0.25) is 0 Å². The lowest BCUT2D eigenvalue weighted by Crippen LogP contribution is -2.41. The van der Waals surface area contributed by atoms with E-state index in [0.29, 0.717) is 6.54 Å². The van der Waals surface area contributed by atoms with Crippen LogP contribution in [0.1, 0.15) is 19.4 Å². The maximum Gasteiger partial charge on any atom is 0.1000 e. The molecule has 0 fully saturated rings. The highest BCUT2D eigenvalue weighted by Gasteiger charge is 2.23. The fourth-order valence-corrected chi connectivity index (χ4v) is 2.94. The molecule has 104 valence electrons. The van der Waals surface area contributed by atoms with E-state index in [1.807, 2.05) is 34.6 Å². The Hall–Kier alpha value is -0.690. The zero-order valence-corrected chi connectivity index (χ0v) is 13.4. The Kier molecular flexibility index (Phi) is 4.78. The van der Waals surface area contributed by atoms with E-state index in [1.54, 1.807) is 17.5 Å². The van der Waals surface area contributed by atoms with Crippen molar-refractivity contribution in [3.63, 3.8) is 0 Å². The van der Waals surface area contributed by atoms with Crippen molar-refractivity contribution in [1.82, 2.24) is 15.1 Å². The van der Waals surface area contributed by atoms with Gasteiger partial charge in [-0.1, -0.05) is 0 Å². The molecule has 2 heterocycles. The summed E-state index contributed by atoms with van der Waals surface area (Å²) in [7, 11) is 0. The van der Waals surface area contributed by atoms with Crippen molar-refractivity contribution < 1.29 is 5.11 Å². The predicted octanol–water partition coefficient (Wildman–Crippen LogP) is 2.59. The number of hydrogen-bond acceptors (Lipinski definition) is 4. The topological polar surface area (TPSA) is 50.1 Å². The third kappa shape index (κ3) is 4.14. The zero-order valence-electron chi connectivity index (χ0n) is 11.0. The lowest BCUT2D eigenvalue weighted by atomic mass is 9.99. The molecular weight excluding hydrogens is 326 g/mol. The molecule has 0 spiro atoms. The minimum Gasteiger partial charge on any atom is -0.384 e. The summed E-state index contributed by atoms with van der Waals surface area (Å²) in [5, 5.41) is 21.9. The molecule has 2 aromatic heterocycles. The van der Waals surface area contributed by atoms with Crippen LogP contribution in [0, 0.1) is 0 Å². The van der Waals surface area contributed by atoms with Gasteiger partial charge < -0.3 is 10.4 Å². The van der Waals surface area contributed by atoms with E-state index in [-0.39, 0.29) is 6.04 Å². The Labute approximate surface area is 125 Å². The summed E-state index contributed by atoms with van der Waals surface area (Å²) in [6, 6.07) is 2.19. The summed E-state index contributed by atoms with van der Waals surface area (Å²) in [5.74, 6) is 0. The number of halogens is 1. The monoisotopic (exact) mass is 343 g/mol. The number of nitrogens with zero attached hydrogens (tertiary/aromatic N) is 2. The number of thiophene rings is 1. The molecule has 6 heteroatoms. The van der Waals surface area contributed by atoms with Crippen molar-refractivity contribution in [2.75, 3.05) is 6.54 Å². The summed E-state index contributed by atoms with van der Waals surface area (Å²) in [4.78, 5) is 0. The first kappa shape index (κ1) is 14.7. The van der Waals surface area contributed by atoms with Crippen LogP contribution in [0.3, 0.4) is 0 Å². The van der Waals surface area contributed by atoms with Gasteiger partial charge in [0.15, 0.2) is 0 Å². The average Bonchev–Trinajstić information content (AvgIpc) is 2.98. The van der Waals surface area contributed by atoms with Crippen LogP contribution in [0.5, 0.6) is 0 Å². The molecule has 0 radical (unpaired) electrons. The summed E-state index contributed by atoms with van der Waals surface area (Å²) in [6.07, 6.45) is 3.71. The molecule has 2 aromatic rings. The van der Waals surface area contributed by atoms with Crippen molar-refractivity contribution in [2.45, 2.75) is 32.0 Å². The highest BCUT2D eigenvalue weighted by Crippen LogP contribution is 2.22. The van der Waals surface area contributed by atoms with E-state index in [4.69, 9.17) is 0 Å². The van der Waals surface area contributed by atoms with Gasteiger partial charge in [0, 0.05) is 18.8 Å². The minimum atomic E-state index is -0.834. The van der Waals surface area contributed by atoms with Crippen LogP contribution >= 0.6 is 27.3 Å². The van der Waals surface area contributed by atoms with E-state index in [2.05, 4.69) is 33.3 Å². The van der Waals surface area contributed by atoms with Gasteiger partial charge in [-0.3, -0.25) is 4.68 Å². The molecule has 0 aromatic carbocycles. The molecule has 0 aliphatic heterocycles. The first-order valence-electron chi connectivity index (χ1n) is 6.14. The maximum absolute atomic E-state index is 10.4. The van der Waals surface area contributed by atoms with Gasteiger partial charge in [-0.2, -0.15) is 16.4 Å². The van der Waals surface area contributed by atoms with Gasteiger partial charge in [-0.25, -0.2) is 0 Å². The Bertz CT molecular complexity index is 510. The van der Waals surface area contributed by atoms with Crippen molar-refractivity contribution >= 4 is 27.3 Å². The van der Waals surface area contributed by atoms with Crippen molar-refractivity contribution in [2.24, 2.45) is 0 Å². The summed E-state index contributed by atoms with van der Waals surface area (Å²) < 4.78 is 2.85. The van der Waals surface area contributed by atoms with Gasteiger partial charge in [-0.05, 0) is 52.2 Å². The van der Waals surface area contributed by atoms with Crippen LogP contribution in [-0.4, -0.2) is 27.5 Å². The van der Waals surface area contributed by atoms with Gasteiger partial charge in [0.25, 0.3) is 0 Å². The van der Waals surface area contributed by atoms with Crippen LogP contribution < -0.4 is 5.32 Å². The second kappa shape index (κ2) is 6.17. The second-order valence-corrected chi connectivity index (χ2v) is 6.64. The number of nitrogens with one attached hydrogen (secondary N) is 1. The SMILES string of the molecule is C[C@H](Cn1cc(Br)cn1)NC[C@](C)(O)c1ccsc1. The molecule has 0 aliphatic rings. The molecule has 0 bridgehead atoms. The fourth-order valence-electron chi connectivity index (χ4n) is 1.83. The summed E-state index contributed by atoms with van der Waals surface area (Å²) in [5.41, 5.74) is 0.123. The van der Waals surface area contributed by atoms with Gasteiger partial charge in [-0.15, -0.1) is 0 Å². The first-order valence-corrected chi connectivity index (χ1v) is 7.87. The van der Waals surface area contributed by atoms with Gasteiger partial charge in [0.2, 0.25) is 0 Å². The van der Waals surface area contributed by atoms with Crippen molar-refractivity contribution in [3.8, 4) is 0 Å². The molecule has 4 nitrogen and oxygen atoms in total. The summed E-state index contributed by atoms with van der Waals surface area (Å²) in [6.45, 7) is 5.21. The average molecular weight is 344 g/mol.